The molecule has 1 aliphatic rings. The maximum atomic E-state index is 13.5. The van der Waals surface area contributed by atoms with Gasteiger partial charge in [-0.2, -0.15) is 0 Å². The van der Waals surface area contributed by atoms with Crippen LogP contribution in [0.4, 0.5) is 8.78 Å². The fourth-order valence-corrected chi connectivity index (χ4v) is 2.07. The van der Waals surface area contributed by atoms with Crippen LogP contribution in [-0.2, 0) is 4.79 Å². The number of nitrogens with one attached hydrogen (secondary N) is 1. The van der Waals surface area contributed by atoms with Crippen LogP contribution in [0.25, 0.3) is 0 Å². The summed E-state index contributed by atoms with van der Waals surface area (Å²) < 4.78 is 26.5. The van der Waals surface area contributed by atoms with E-state index in [1.54, 1.807) is 0 Å². The number of benzene rings is 1. The molecule has 3 N–H and O–H groups in total. The van der Waals surface area contributed by atoms with Gasteiger partial charge in [0, 0.05) is 12.5 Å². The monoisotopic (exact) mass is 254 g/mol. The minimum Gasteiger partial charge on any atom is -0.356 e. The van der Waals surface area contributed by atoms with Crippen molar-refractivity contribution in [1.82, 2.24) is 5.32 Å². The number of hydrogen-bond acceptors (Lipinski definition) is 2. The third kappa shape index (κ3) is 2.85. The van der Waals surface area contributed by atoms with Gasteiger partial charge in [0.05, 0.1) is 0 Å². The second kappa shape index (κ2) is 5.44. The third-order valence-electron chi connectivity index (χ3n) is 3.16. The topological polar surface area (TPSA) is 55.1 Å². The SMILES string of the molecule is NCCCNC(=O)C1CC1c1cc(F)ccc1F. The summed E-state index contributed by atoms with van der Waals surface area (Å²) in [5.41, 5.74) is 5.62. The quantitative estimate of drug-likeness (QED) is 0.783. The van der Waals surface area contributed by atoms with Gasteiger partial charge < -0.3 is 11.1 Å². The van der Waals surface area contributed by atoms with E-state index in [0.717, 1.165) is 18.6 Å². The van der Waals surface area contributed by atoms with Crippen LogP contribution in [0.15, 0.2) is 18.2 Å². The molecule has 0 radical (unpaired) electrons. The van der Waals surface area contributed by atoms with Crippen molar-refractivity contribution < 1.29 is 13.6 Å². The maximum Gasteiger partial charge on any atom is 0.223 e. The van der Waals surface area contributed by atoms with Crippen molar-refractivity contribution in [1.29, 1.82) is 0 Å². The number of carbonyl (C=O) groups is 1. The Labute approximate surface area is 104 Å². The summed E-state index contributed by atoms with van der Waals surface area (Å²) in [7, 11) is 0. The van der Waals surface area contributed by atoms with Crippen LogP contribution in [0.3, 0.4) is 0 Å². The summed E-state index contributed by atoms with van der Waals surface area (Å²) in [6, 6.07) is 3.36. The van der Waals surface area contributed by atoms with Crippen LogP contribution < -0.4 is 11.1 Å². The average molecular weight is 254 g/mol. The average Bonchev–Trinajstić information content (AvgIpc) is 3.12. The number of nitrogens with two attached hydrogens (primary N) is 1. The first-order valence-electron chi connectivity index (χ1n) is 6.06. The van der Waals surface area contributed by atoms with Crippen molar-refractivity contribution in [2.75, 3.05) is 13.1 Å². The fourth-order valence-electron chi connectivity index (χ4n) is 2.07. The first-order chi connectivity index (χ1) is 8.63. The highest BCUT2D eigenvalue weighted by molar-refractivity contribution is 5.82. The van der Waals surface area contributed by atoms with Gasteiger partial charge in [0.2, 0.25) is 5.91 Å². The Morgan fingerprint density at radius 3 is 2.94 bits per heavy atom. The Hall–Kier alpha value is -1.49. The molecule has 0 bridgehead atoms. The molecular formula is C13H16F2N2O. The highest BCUT2D eigenvalue weighted by atomic mass is 19.1. The van der Waals surface area contributed by atoms with E-state index in [0.29, 0.717) is 25.1 Å². The Kier molecular flexibility index (Phi) is 3.91. The molecule has 3 nitrogen and oxygen atoms in total. The van der Waals surface area contributed by atoms with Crippen molar-refractivity contribution in [2.45, 2.75) is 18.8 Å². The maximum absolute atomic E-state index is 13.5. The largest absolute Gasteiger partial charge is 0.356 e. The van der Waals surface area contributed by atoms with E-state index in [4.69, 9.17) is 5.73 Å². The molecule has 5 heteroatoms. The first-order valence-corrected chi connectivity index (χ1v) is 6.06. The van der Waals surface area contributed by atoms with E-state index in [2.05, 4.69) is 5.32 Å². The zero-order valence-electron chi connectivity index (χ0n) is 9.96. The van der Waals surface area contributed by atoms with Gasteiger partial charge in [0.1, 0.15) is 11.6 Å². The van der Waals surface area contributed by atoms with Gasteiger partial charge in [-0.15, -0.1) is 0 Å². The van der Waals surface area contributed by atoms with E-state index >= 15 is 0 Å². The second-order valence-corrected chi connectivity index (χ2v) is 4.55. The van der Waals surface area contributed by atoms with E-state index in [1.165, 1.54) is 6.07 Å². The molecule has 0 spiro atoms. The summed E-state index contributed by atoms with van der Waals surface area (Å²) in [5.74, 6) is -1.45. The molecule has 1 saturated carbocycles. The fraction of sp³-hybridized carbons (Fsp3) is 0.462. The molecule has 0 saturated heterocycles. The van der Waals surface area contributed by atoms with Crippen LogP contribution in [0.5, 0.6) is 0 Å². The molecular weight excluding hydrogens is 238 g/mol. The van der Waals surface area contributed by atoms with Gasteiger partial charge in [0.15, 0.2) is 0 Å². The smallest absolute Gasteiger partial charge is 0.223 e. The molecule has 1 amide bonds. The Morgan fingerprint density at radius 1 is 1.44 bits per heavy atom. The first kappa shape index (κ1) is 13.0. The van der Waals surface area contributed by atoms with Crippen LogP contribution in [0.1, 0.15) is 24.3 Å². The minimum absolute atomic E-state index is 0.0999. The molecule has 2 atom stereocenters. The lowest BCUT2D eigenvalue weighted by molar-refractivity contribution is -0.122. The summed E-state index contributed by atoms with van der Waals surface area (Å²) in [6.45, 7) is 1.05. The normalized spacial score (nSPS) is 21.7. The molecule has 1 aromatic rings. The number of carbonyl (C=O) groups excluding carboxylic acids is 1. The Bertz CT molecular complexity index is 451. The molecule has 0 heterocycles. The molecule has 2 rings (SSSR count). The van der Waals surface area contributed by atoms with Crippen molar-refractivity contribution >= 4 is 5.91 Å². The van der Waals surface area contributed by atoms with E-state index in [1.807, 2.05) is 0 Å². The number of amides is 1. The molecule has 1 aromatic carbocycles. The Morgan fingerprint density at radius 2 is 2.22 bits per heavy atom. The van der Waals surface area contributed by atoms with E-state index in [9.17, 15) is 13.6 Å². The summed E-state index contributed by atoms with van der Waals surface area (Å²) in [6.07, 6.45) is 1.30. The van der Waals surface area contributed by atoms with Crippen LogP contribution >= 0.6 is 0 Å². The lowest BCUT2D eigenvalue weighted by Gasteiger charge is -2.05. The Balaban J connectivity index is 1.94. The zero-order chi connectivity index (χ0) is 13.1. The van der Waals surface area contributed by atoms with Gasteiger partial charge in [-0.1, -0.05) is 0 Å². The van der Waals surface area contributed by atoms with Gasteiger partial charge in [-0.3, -0.25) is 4.79 Å². The third-order valence-corrected chi connectivity index (χ3v) is 3.16. The van der Waals surface area contributed by atoms with Crippen molar-refractivity contribution in [3.05, 3.63) is 35.4 Å². The number of rotatable bonds is 5. The molecule has 18 heavy (non-hydrogen) atoms. The van der Waals surface area contributed by atoms with Gasteiger partial charge >= 0.3 is 0 Å². The lowest BCUT2D eigenvalue weighted by Crippen LogP contribution is -2.27. The molecule has 1 aliphatic carbocycles. The van der Waals surface area contributed by atoms with Crippen molar-refractivity contribution in [3.63, 3.8) is 0 Å². The van der Waals surface area contributed by atoms with Gasteiger partial charge in [-0.05, 0) is 49.1 Å². The summed E-state index contributed by atoms with van der Waals surface area (Å²) in [5, 5.41) is 2.74. The van der Waals surface area contributed by atoms with E-state index in [-0.39, 0.29) is 17.7 Å². The molecule has 1 fully saturated rings. The lowest BCUT2D eigenvalue weighted by atomic mass is 10.1. The van der Waals surface area contributed by atoms with Crippen LogP contribution in [0.2, 0.25) is 0 Å². The molecule has 0 aliphatic heterocycles. The highest BCUT2D eigenvalue weighted by Gasteiger charge is 2.45. The zero-order valence-corrected chi connectivity index (χ0v) is 9.96. The summed E-state index contributed by atoms with van der Waals surface area (Å²) in [4.78, 5) is 11.7. The van der Waals surface area contributed by atoms with Crippen LogP contribution in [0, 0.1) is 17.6 Å². The number of halogens is 2. The second-order valence-electron chi connectivity index (χ2n) is 4.55. The predicted molar refractivity (Wildman–Crippen MR) is 63.9 cm³/mol. The van der Waals surface area contributed by atoms with Crippen LogP contribution in [-0.4, -0.2) is 19.0 Å². The van der Waals surface area contributed by atoms with Crippen molar-refractivity contribution in [2.24, 2.45) is 11.7 Å². The predicted octanol–water partition coefficient (Wildman–Crippen LogP) is 1.53. The van der Waals surface area contributed by atoms with Gasteiger partial charge in [-0.25, -0.2) is 8.78 Å². The molecule has 98 valence electrons. The van der Waals surface area contributed by atoms with E-state index < -0.39 is 11.6 Å². The molecule has 0 aromatic heterocycles. The minimum atomic E-state index is -0.472. The highest BCUT2D eigenvalue weighted by Crippen LogP contribution is 2.48. The standard InChI is InChI=1S/C13H16F2N2O/c14-8-2-3-12(15)10(6-8)9-7-11(9)13(18)17-5-1-4-16/h2-3,6,9,11H,1,4-5,7,16H2,(H,17,18). The summed E-state index contributed by atoms with van der Waals surface area (Å²) >= 11 is 0. The van der Waals surface area contributed by atoms with Gasteiger partial charge in [0.25, 0.3) is 0 Å². The number of hydrogen-bond donors (Lipinski definition) is 2. The van der Waals surface area contributed by atoms with Crippen molar-refractivity contribution in [3.8, 4) is 0 Å². The molecule has 2 unspecified atom stereocenters.